The summed E-state index contributed by atoms with van der Waals surface area (Å²) in [4.78, 5) is 23.9. The molecular weight excluding hydrogens is 258 g/mol. The van der Waals surface area contributed by atoms with Gasteiger partial charge >= 0.3 is 5.97 Å². The molecule has 1 aromatic rings. The molecule has 1 aromatic heterocycles. The molecule has 0 bridgehead atoms. The van der Waals surface area contributed by atoms with E-state index in [-0.39, 0.29) is 11.4 Å². The molecule has 0 spiro atoms. The second kappa shape index (κ2) is 5.98. The second-order valence-electron chi connectivity index (χ2n) is 5.54. The number of aromatic nitrogens is 1. The smallest absolute Gasteiger partial charge is 0.355 e. The normalized spacial score (nSPS) is 12.8. The van der Waals surface area contributed by atoms with Crippen molar-refractivity contribution in [3.8, 4) is 0 Å². The molecule has 0 saturated heterocycles. The van der Waals surface area contributed by atoms with E-state index in [2.05, 4.69) is 5.32 Å². The number of ether oxygens (including phenoxy) is 1. The van der Waals surface area contributed by atoms with Gasteiger partial charge in [0.1, 0.15) is 5.69 Å². The summed E-state index contributed by atoms with van der Waals surface area (Å²) >= 11 is 0. The SMILES string of the molecule is CCC(C)(C)NC(=O)C(C)OC(=O)c1cc(N)cn1C. The van der Waals surface area contributed by atoms with Crippen molar-refractivity contribution in [3.63, 3.8) is 0 Å². The van der Waals surface area contributed by atoms with Crippen LogP contribution in [0.1, 0.15) is 44.6 Å². The first kappa shape index (κ1) is 16.1. The number of nitrogen functional groups attached to an aromatic ring is 1. The minimum absolute atomic E-state index is 0.313. The van der Waals surface area contributed by atoms with Gasteiger partial charge in [0.2, 0.25) is 0 Å². The van der Waals surface area contributed by atoms with Crippen molar-refractivity contribution in [2.24, 2.45) is 7.05 Å². The van der Waals surface area contributed by atoms with Crippen LogP contribution in [0.5, 0.6) is 0 Å². The van der Waals surface area contributed by atoms with E-state index in [1.54, 1.807) is 24.7 Å². The maximum Gasteiger partial charge on any atom is 0.355 e. The summed E-state index contributed by atoms with van der Waals surface area (Å²) in [6.45, 7) is 7.35. The van der Waals surface area contributed by atoms with E-state index in [1.165, 1.54) is 6.07 Å². The lowest BCUT2D eigenvalue weighted by molar-refractivity contribution is -0.130. The van der Waals surface area contributed by atoms with Gasteiger partial charge in [-0.1, -0.05) is 6.92 Å². The van der Waals surface area contributed by atoms with Gasteiger partial charge in [0, 0.05) is 18.8 Å². The number of anilines is 1. The Morgan fingerprint density at radius 3 is 2.55 bits per heavy atom. The summed E-state index contributed by atoms with van der Waals surface area (Å²) in [6.07, 6.45) is 1.54. The van der Waals surface area contributed by atoms with Gasteiger partial charge in [0.05, 0.1) is 5.69 Å². The number of amides is 1. The molecule has 0 aliphatic heterocycles. The summed E-state index contributed by atoms with van der Waals surface area (Å²) in [6, 6.07) is 1.52. The molecule has 6 nitrogen and oxygen atoms in total. The third kappa shape index (κ3) is 4.01. The van der Waals surface area contributed by atoms with Crippen molar-refractivity contribution < 1.29 is 14.3 Å². The van der Waals surface area contributed by atoms with Crippen LogP contribution in [0.4, 0.5) is 5.69 Å². The van der Waals surface area contributed by atoms with Crippen LogP contribution in [0.2, 0.25) is 0 Å². The van der Waals surface area contributed by atoms with Gasteiger partial charge in [-0.2, -0.15) is 0 Å². The van der Waals surface area contributed by atoms with Crippen LogP contribution in [0, 0.1) is 0 Å². The molecule has 0 aromatic carbocycles. The molecular formula is C14H23N3O3. The first-order valence-electron chi connectivity index (χ1n) is 6.61. The van der Waals surface area contributed by atoms with Crippen LogP contribution in [-0.2, 0) is 16.6 Å². The van der Waals surface area contributed by atoms with E-state index >= 15 is 0 Å². The summed E-state index contributed by atoms with van der Waals surface area (Å²) in [7, 11) is 1.69. The Morgan fingerprint density at radius 2 is 2.10 bits per heavy atom. The lowest BCUT2D eigenvalue weighted by Crippen LogP contribution is -2.47. The van der Waals surface area contributed by atoms with Crippen LogP contribution in [0.15, 0.2) is 12.3 Å². The molecule has 0 saturated carbocycles. The molecule has 1 unspecified atom stereocenters. The highest BCUT2D eigenvalue weighted by atomic mass is 16.5. The van der Waals surface area contributed by atoms with Crippen LogP contribution in [0.25, 0.3) is 0 Å². The quantitative estimate of drug-likeness (QED) is 0.800. The predicted molar refractivity (Wildman–Crippen MR) is 77.2 cm³/mol. The molecule has 1 atom stereocenters. The molecule has 1 amide bonds. The van der Waals surface area contributed by atoms with Crippen molar-refractivity contribution in [1.82, 2.24) is 9.88 Å². The van der Waals surface area contributed by atoms with E-state index in [0.717, 1.165) is 6.42 Å². The highest BCUT2D eigenvalue weighted by Crippen LogP contribution is 2.12. The molecule has 0 radical (unpaired) electrons. The van der Waals surface area contributed by atoms with Gasteiger partial charge in [0.15, 0.2) is 6.10 Å². The maximum absolute atomic E-state index is 12.0. The monoisotopic (exact) mass is 281 g/mol. The van der Waals surface area contributed by atoms with Crippen LogP contribution in [0.3, 0.4) is 0 Å². The Bertz CT molecular complexity index is 506. The van der Waals surface area contributed by atoms with E-state index in [4.69, 9.17) is 10.5 Å². The highest BCUT2D eigenvalue weighted by molar-refractivity contribution is 5.92. The number of rotatable bonds is 5. The van der Waals surface area contributed by atoms with Gasteiger partial charge in [-0.25, -0.2) is 4.79 Å². The van der Waals surface area contributed by atoms with Crippen LogP contribution in [-0.4, -0.2) is 28.1 Å². The summed E-state index contributed by atoms with van der Waals surface area (Å²) in [5.74, 6) is -0.881. The molecule has 0 aliphatic carbocycles. The van der Waals surface area contributed by atoms with Gasteiger partial charge in [-0.3, -0.25) is 4.79 Å². The lowest BCUT2D eigenvalue weighted by Gasteiger charge is -2.26. The van der Waals surface area contributed by atoms with E-state index in [9.17, 15) is 9.59 Å². The fourth-order valence-corrected chi connectivity index (χ4v) is 1.59. The standard InChI is InChI=1S/C14H23N3O3/c1-6-14(3,4)16-12(18)9(2)20-13(19)11-7-10(15)8-17(11)5/h7-9H,6,15H2,1-5H3,(H,16,18). The first-order valence-corrected chi connectivity index (χ1v) is 6.61. The Morgan fingerprint density at radius 1 is 1.50 bits per heavy atom. The number of esters is 1. The zero-order chi connectivity index (χ0) is 15.5. The van der Waals surface area contributed by atoms with Crippen molar-refractivity contribution in [2.75, 3.05) is 5.73 Å². The molecule has 1 rings (SSSR count). The van der Waals surface area contributed by atoms with Crippen molar-refractivity contribution in [3.05, 3.63) is 18.0 Å². The van der Waals surface area contributed by atoms with Gasteiger partial charge < -0.3 is 20.4 Å². The molecule has 3 N–H and O–H groups in total. The average Bonchev–Trinajstić information content (AvgIpc) is 2.67. The van der Waals surface area contributed by atoms with Crippen molar-refractivity contribution in [1.29, 1.82) is 0 Å². The number of nitrogens with one attached hydrogen (secondary N) is 1. The van der Waals surface area contributed by atoms with Gasteiger partial charge in [-0.15, -0.1) is 0 Å². The average molecular weight is 281 g/mol. The molecule has 0 fully saturated rings. The number of hydrogen-bond acceptors (Lipinski definition) is 4. The van der Waals surface area contributed by atoms with Gasteiger partial charge in [0.25, 0.3) is 5.91 Å². The molecule has 112 valence electrons. The van der Waals surface area contributed by atoms with Crippen LogP contribution < -0.4 is 11.1 Å². The highest BCUT2D eigenvalue weighted by Gasteiger charge is 2.25. The molecule has 0 aliphatic rings. The van der Waals surface area contributed by atoms with E-state index in [1.807, 2.05) is 20.8 Å². The minimum atomic E-state index is -0.857. The fourth-order valence-electron chi connectivity index (χ4n) is 1.59. The first-order chi connectivity index (χ1) is 9.16. The minimum Gasteiger partial charge on any atom is -0.448 e. The Labute approximate surface area is 119 Å². The number of hydrogen-bond donors (Lipinski definition) is 2. The Balaban J connectivity index is 2.66. The number of nitrogens with zero attached hydrogens (tertiary/aromatic N) is 1. The Kier molecular flexibility index (Phi) is 4.81. The van der Waals surface area contributed by atoms with Crippen molar-refractivity contribution >= 4 is 17.6 Å². The number of carbonyl (C=O) groups excluding carboxylic acids is 2. The third-order valence-corrected chi connectivity index (χ3v) is 3.23. The maximum atomic E-state index is 12.0. The van der Waals surface area contributed by atoms with Crippen molar-refractivity contribution in [2.45, 2.75) is 45.8 Å². The molecule has 6 heteroatoms. The van der Waals surface area contributed by atoms with E-state index < -0.39 is 12.1 Å². The number of carbonyl (C=O) groups is 2. The lowest BCUT2D eigenvalue weighted by atomic mass is 10.0. The third-order valence-electron chi connectivity index (χ3n) is 3.23. The van der Waals surface area contributed by atoms with Crippen LogP contribution >= 0.6 is 0 Å². The predicted octanol–water partition coefficient (Wildman–Crippen LogP) is 1.46. The fraction of sp³-hybridized carbons (Fsp3) is 0.571. The summed E-state index contributed by atoms with van der Waals surface area (Å²) < 4.78 is 6.72. The summed E-state index contributed by atoms with van der Waals surface area (Å²) in [5, 5.41) is 2.83. The van der Waals surface area contributed by atoms with E-state index in [0.29, 0.717) is 11.4 Å². The number of aryl methyl sites for hydroxylation is 1. The zero-order valence-corrected chi connectivity index (χ0v) is 12.7. The Hall–Kier alpha value is -1.98. The topological polar surface area (TPSA) is 86.3 Å². The second-order valence-corrected chi connectivity index (χ2v) is 5.54. The molecule has 1 heterocycles. The molecule has 20 heavy (non-hydrogen) atoms. The summed E-state index contributed by atoms with van der Waals surface area (Å²) in [5.41, 5.74) is 6.07. The van der Waals surface area contributed by atoms with Gasteiger partial charge in [-0.05, 0) is 33.3 Å². The zero-order valence-electron chi connectivity index (χ0n) is 12.7. The number of nitrogens with two attached hydrogens (primary N) is 1. The largest absolute Gasteiger partial charge is 0.448 e.